The third-order valence-electron chi connectivity index (χ3n) is 3.65. The van der Waals surface area contributed by atoms with Crippen LogP contribution < -0.4 is 0 Å². The fourth-order valence-corrected chi connectivity index (χ4v) is 2.60. The Bertz CT molecular complexity index is 426. The van der Waals surface area contributed by atoms with Gasteiger partial charge in [0.05, 0.1) is 0 Å². The normalized spacial score (nSPS) is 17.0. The molecule has 0 aromatic carbocycles. The Labute approximate surface area is 156 Å². The van der Waals surface area contributed by atoms with Gasteiger partial charge in [-0.15, -0.1) is 0 Å². The van der Waals surface area contributed by atoms with Gasteiger partial charge in [0.1, 0.15) is 12.2 Å². The summed E-state index contributed by atoms with van der Waals surface area (Å²) in [5, 5.41) is 0. The summed E-state index contributed by atoms with van der Waals surface area (Å²) >= 11 is 9.46. The van der Waals surface area contributed by atoms with Gasteiger partial charge in [0, 0.05) is 19.0 Å². The summed E-state index contributed by atoms with van der Waals surface area (Å²) in [4.78, 5) is 25.4. The number of esters is 1. The van der Waals surface area contributed by atoms with E-state index in [0.29, 0.717) is 13.1 Å². The van der Waals surface area contributed by atoms with Gasteiger partial charge in [-0.1, -0.05) is 12.7 Å². The highest BCUT2D eigenvalue weighted by molar-refractivity contribution is 9.40. The van der Waals surface area contributed by atoms with Crippen molar-refractivity contribution in [2.45, 2.75) is 34.4 Å². The molecule has 0 radical (unpaired) electrons. The Hall–Kier alpha value is -0.0800. The molecule has 0 aromatic heterocycles. The van der Waals surface area contributed by atoms with Crippen LogP contribution in [0.5, 0.6) is 0 Å². The zero-order chi connectivity index (χ0) is 17.0. The van der Waals surface area contributed by atoms with Crippen molar-refractivity contribution in [3.8, 4) is 0 Å². The van der Waals surface area contributed by atoms with Gasteiger partial charge in [0.25, 0.3) is 0 Å². The molecule has 1 aliphatic heterocycles. The predicted molar refractivity (Wildman–Crippen MR) is 95.5 cm³/mol. The number of alkyl halides is 3. The van der Waals surface area contributed by atoms with Gasteiger partial charge in [-0.2, -0.15) is 0 Å². The van der Waals surface area contributed by atoms with E-state index in [2.05, 4.69) is 54.4 Å². The topological polar surface area (TPSA) is 55.8 Å². The number of carbonyl (C=O) groups excluding carboxylic acids is 2. The molecule has 1 fully saturated rings. The molecule has 0 bridgehead atoms. The van der Waals surface area contributed by atoms with Gasteiger partial charge in [-0.05, 0) is 74.5 Å². The SMILES string of the molecule is C=CCOC(=O)N1CCC(C(C)(C)OC(=O)C(Br)(Br)Br)CC1. The molecular weight excluding hydrogens is 486 g/mol. The first-order valence-corrected chi connectivity index (χ1v) is 9.28. The van der Waals surface area contributed by atoms with Crippen LogP contribution in [0.4, 0.5) is 4.79 Å². The largest absolute Gasteiger partial charge is 0.457 e. The summed E-state index contributed by atoms with van der Waals surface area (Å²) < 4.78 is 9.53. The van der Waals surface area contributed by atoms with E-state index in [1.54, 1.807) is 11.0 Å². The molecule has 0 aliphatic carbocycles. The summed E-state index contributed by atoms with van der Waals surface area (Å²) in [6.07, 6.45) is 2.72. The standard InChI is InChI=1S/C14H20Br3NO4/c1-4-9-21-12(20)18-7-5-10(6-8-18)13(2,3)22-11(19)14(15,16)17/h4,10H,1,5-9H2,2-3H3. The smallest absolute Gasteiger partial charge is 0.410 e. The second-order valence-electron chi connectivity index (χ2n) is 5.62. The van der Waals surface area contributed by atoms with Crippen LogP contribution in [0.15, 0.2) is 12.7 Å². The lowest BCUT2D eigenvalue weighted by Crippen LogP contribution is -2.47. The summed E-state index contributed by atoms with van der Waals surface area (Å²) in [6, 6.07) is 0. The summed E-state index contributed by atoms with van der Waals surface area (Å²) in [5.41, 5.74) is -0.616. The van der Waals surface area contributed by atoms with E-state index in [1.165, 1.54) is 0 Å². The quantitative estimate of drug-likeness (QED) is 0.327. The summed E-state index contributed by atoms with van der Waals surface area (Å²) in [6.45, 7) is 8.68. The number of nitrogens with zero attached hydrogens (tertiary/aromatic N) is 1. The average Bonchev–Trinajstić information content (AvgIpc) is 2.43. The van der Waals surface area contributed by atoms with Crippen molar-refractivity contribution in [1.82, 2.24) is 4.90 Å². The van der Waals surface area contributed by atoms with Gasteiger partial charge in [-0.25, -0.2) is 9.59 Å². The summed E-state index contributed by atoms with van der Waals surface area (Å²) in [5.74, 6) is -0.264. The van der Waals surface area contributed by atoms with Crippen molar-refractivity contribution in [3.05, 3.63) is 12.7 Å². The Balaban J connectivity index is 2.54. The third kappa shape index (κ3) is 5.85. The van der Waals surface area contributed by atoms with E-state index in [0.717, 1.165) is 12.8 Å². The van der Waals surface area contributed by atoms with E-state index in [4.69, 9.17) is 9.47 Å². The number of rotatable bonds is 4. The van der Waals surface area contributed by atoms with Crippen LogP contribution in [0, 0.1) is 5.92 Å². The first-order chi connectivity index (χ1) is 10.1. The van der Waals surface area contributed by atoms with Crippen molar-refractivity contribution in [3.63, 3.8) is 0 Å². The number of halogens is 3. The van der Waals surface area contributed by atoms with E-state index in [9.17, 15) is 9.59 Å². The first-order valence-electron chi connectivity index (χ1n) is 6.90. The van der Waals surface area contributed by atoms with Gasteiger partial charge < -0.3 is 14.4 Å². The van der Waals surface area contributed by atoms with Gasteiger partial charge >= 0.3 is 12.1 Å². The van der Waals surface area contributed by atoms with Crippen molar-refractivity contribution >= 4 is 59.9 Å². The Morgan fingerprint density at radius 3 is 2.27 bits per heavy atom. The fraction of sp³-hybridized carbons (Fsp3) is 0.714. The molecule has 0 atom stereocenters. The number of hydrogen-bond donors (Lipinski definition) is 0. The van der Waals surface area contributed by atoms with Gasteiger partial charge in [0.2, 0.25) is 2.14 Å². The first kappa shape index (κ1) is 20.0. The molecule has 1 heterocycles. The molecule has 0 N–H and O–H groups in total. The lowest BCUT2D eigenvalue weighted by molar-refractivity contribution is -0.161. The number of ether oxygens (including phenoxy) is 2. The highest BCUT2D eigenvalue weighted by Crippen LogP contribution is 2.38. The lowest BCUT2D eigenvalue weighted by Gasteiger charge is -2.40. The lowest BCUT2D eigenvalue weighted by atomic mass is 9.83. The van der Waals surface area contributed by atoms with Gasteiger partial charge in [-0.3, -0.25) is 0 Å². The maximum absolute atomic E-state index is 12.0. The molecule has 0 saturated carbocycles. The molecule has 1 aliphatic rings. The maximum atomic E-state index is 12.0. The molecule has 5 nitrogen and oxygen atoms in total. The van der Waals surface area contributed by atoms with Crippen LogP contribution in [0.3, 0.4) is 0 Å². The van der Waals surface area contributed by atoms with Crippen LogP contribution in [0.25, 0.3) is 0 Å². The molecule has 126 valence electrons. The molecule has 0 aromatic rings. The van der Waals surface area contributed by atoms with Crippen molar-refractivity contribution in [1.29, 1.82) is 0 Å². The monoisotopic (exact) mass is 503 g/mol. The molecule has 8 heteroatoms. The number of amides is 1. The number of piperidine rings is 1. The Kier molecular flexibility index (Phi) is 7.39. The molecule has 1 rings (SSSR count). The summed E-state index contributed by atoms with van der Waals surface area (Å²) in [7, 11) is 0. The highest BCUT2D eigenvalue weighted by Gasteiger charge is 2.41. The second kappa shape index (κ2) is 8.15. The predicted octanol–water partition coefficient (Wildman–Crippen LogP) is 4.18. The minimum Gasteiger partial charge on any atom is -0.457 e. The van der Waals surface area contributed by atoms with Crippen LogP contribution in [-0.4, -0.2) is 44.4 Å². The average molecular weight is 506 g/mol. The fourth-order valence-electron chi connectivity index (χ4n) is 2.36. The molecule has 0 spiro atoms. The van der Waals surface area contributed by atoms with Crippen LogP contribution in [-0.2, 0) is 14.3 Å². The van der Waals surface area contributed by atoms with Crippen molar-refractivity contribution < 1.29 is 19.1 Å². The number of likely N-dealkylation sites (tertiary alicyclic amines) is 1. The molecule has 1 amide bonds. The third-order valence-corrected chi connectivity index (χ3v) is 4.62. The molecular formula is C14H20Br3NO4. The van der Waals surface area contributed by atoms with Crippen LogP contribution in [0.2, 0.25) is 0 Å². The zero-order valence-electron chi connectivity index (χ0n) is 12.6. The number of hydrogen-bond acceptors (Lipinski definition) is 4. The molecule has 0 unspecified atom stereocenters. The van der Waals surface area contributed by atoms with Crippen LogP contribution >= 0.6 is 47.8 Å². The van der Waals surface area contributed by atoms with E-state index in [-0.39, 0.29) is 18.6 Å². The van der Waals surface area contributed by atoms with E-state index < -0.39 is 13.7 Å². The zero-order valence-corrected chi connectivity index (χ0v) is 17.4. The molecule has 22 heavy (non-hydrogen) atoms. The van der Waals surface area contributed by atoms with Crippen LogP contribution in [0.1, 0.15) is 26.7 Å². The van der Waals surface area contributed by atoms with E-state index >= 15 is 0 Å². The van der Waals surface area contributed by atoms with Crippen molar-refractivity contribution in [2.75, 3.05) is 19.7 Å². The highest BCUT2D eigenvalue weighted by atomic mass is 80.0. The number of carbonyl (C=O) groups is 2. The molecule has 1 saturated heterocycles. The second-order valence-corrected chi connectivity index (χ2v) is 12.4. The Morgan fingerprint density at radius 2 is 1.82 bits per heavy atom. The minimum absolute atomic E-state index is 0.176. The Morgan fingerprint density at radius 1 is 1.27 bits per heavy atom. The van der Waals surface area contributed by atoms with E-state index in [1.807, 2.05) is 13.8 Å². The van der Waals surface area contributed by atoms with Gasteiger partial charge in [0.15, 0.2) is 0 Å². The maximum Gasteiger partial charge on any atom is 0.410 e. The van der Waals surface area contributed by atoms with Crippen molar-refractivity contribution in [2.24, 2.45) is 5.92 Å². The minimum atomic E-state index is -1.07.